The van der Waals surface area contributed by atoms with Crippen LogP contribution < -0.4 is 10.1 Å². The highest BCUT2D eigenvalue weighted by Gasteiger charge is 2.40. The fourth-order valence-electron chi connectivity index (χ4n) is 2.69. The van der Waals surface area contributed by atoms with Gasteiger partial charge < -0.3 is 14.8 Å². The molecule has 9 nitrogen and oxygen atoms in total. The van der Waals surface area contributed by atoms with E-state index in [-0.39, 0.29) is 24.4 Å². The van der Waals surface area contributed by atoms with Gasteiger partial charge in [-0.1, -0.05) is 0 Å². The van der Waals surface area contributed by atoms with Gasteiger partial charge in [-0.2, -0.15) is 9.57 Å². The van der Waals surface area contributed by atoms with Crippen molar-refractivity contribution in [3.63, 3.8) is 0 Å². The minimum absolute atomic E-state index is 0.0530. The Hall–Kier alpha value is -2.64. The third-order valence-corrected chi connectivity index (χ3v) is 5.97. The first-order valence-corrected chi connectivity index (χ1v) is 9.80. The molecule has 146 valence electrons. The number of nitriles is 1. The molecule has 1 fully saturated rings. The summed E-state index contributed by atoms with van der Waals surface area (Å²) in [5, 5.41) is 10.8. The second-order valence-electron chi connectivity index (χ2n) is 5.82. The molecule has 1 aromatic rings. The molecule has 1 atom stereocenters. The van der Waals surface area contributed by atoms with E-state index in [0.29, 0.717) is 18.6 Å². The molecular formula is C17H21N3O6S. The lowest BCUT2D eigenvalue weighted by atomic mass is 10.2. The molecule has 1 heterocycles. The Morgan fingerprint density at radius 1 is 1.33 bits per heavy atom. The summed E-state index contributed by atoms with van der Waals surface area (Å²) >= 11 is 0. The van der Waals surface area contributed by atoms with Gasteiger partial charge in [0.15, 0.2) is 6.61 Å². The molecule has 1 amide bonds. The number of ether oxygens (including phenoxy) is 2. The molecule has 0 saturated carbocycles. The summed E-state index contributed by atoms with van der Waals surface area (Å²) in [5.41, 5.74) is 0. The Bertz CT molecular complexity index is 816. The number of methoxy groups -OCH3 is 1. The molecular weight excluding hydrogens is 374 g/mol. The maximum Gasteiger partial charge on any atom is 0.324 e. The van der Waals surface area contributed by atoms with Crippen LogP contribution in [0.1, 0.15) is 19.3 Å². The van der Waals surface area contributed by atoms with E-state index >= 15 is 0 Å². The Kier molecular flexibility index (Phi) is 7.15. The number of esters is 1. The van der Waals surface area contributed by atoms with E-state index in [0.717, 1.165) is 4.31 Å². The second-order valence-corrected chi connectivity index (χ2v) is 7.71. The van der Waals surface area contributed by atoms with Crippen LogP contribution in [-0.4, -0.2) is 57.4 Å². The first kappa shape index (κ1) is 20.7. The standard InChI is InChI=1S/C17H21N3O6S/c1-25-13-5-7-14(8-6-13)27(23,24)20-11-2-4-15(20)17(22)26-12-16(21)19-10-3-9-18/h5-8,15H,2-4,10-12H2,1H3,(H,19,21)/t15-/m0/s1. The van der Waals surface area contributed by atoms with Crippen LogP contribution in [0, 0.1) is 11.3 Å². The summed E-state index contributed by atoms with van der Waals surface area (Å²) in [5.74, 6) is -0.782. The van der Waals surface area contributed by atoms with Crippen molar-refractivity contribution in [3.8, 4) is 11.8 Å². The van der Waals surface area contributed by atoms with Gasteiger partial charge in [0.1, 0.15) is 11.8 Å². The maximum atomic E-state index is 12.8. The minimum atomic E-state index is -3.87. The van der Waals surface area contributed by atoms with E-state index in [1.54, 1.807) is 0 Å². The van der Waals surface area contributed by atoms with Crippen LogP contribution in [0.15, 0.2) is 29.2 Å². The zero-order chi connectivity index (χ0) is 19.9. The van der Waals surface area contributed by atoms with Crippen molar-refractivity contribution in [1.82, 2.24) is 9.62 Å². The summed E-state index contributed by atoms with van der Waals surface area (Å²) in [6.07, 6.45) is 0.990. The minimum Gasteiger partial charge on any atom is -0.497 e. The molecule has 0 unspecified atom stereocenters. The largest absolute Gasteiger partial charge is 0.497 e. The monoisotopic (exact) mass is 395 g/mol. The summed E-state index contributed by atoms with van der Waals surface area (Å²) in [7, 11) is -2.39. The zero-order valence-electron chi connectivity index (χ0n) is 14.9. The molecule has 0 aromatic heterocycles. The van der Waals surface area contributed by atoms with Gasteiger partial charge in [-0.25, -0.2) is 8.42 Å². The molecule has 0 bridgehead atoms. The highest BCUT2D eigenvalue weighted by Crippen LogP contribution is 2.27. The summed E-state index contributed by atoms with van der Waals surface area (Å²) < 4.78 is 36.7. The number of hydrogen-bond acceptors (Lipinski definition) is 7. The van der Waals surface area contributed by atoms with Crippen molar-refractivity contribution in [1.29, 1.82) is 5.26 Å². The Labute approximate surface area is 157 Å². The van der Waals surface area contributed by atoms with Gasteiger partial charge in [0.05, 0.1) is 24.5 Å². The fraction of sp³-hybridized carbons (Fsp3) is 0.471. The predicted molar refractivity (Wildman–Crippen MR) is 94.1 cm³/mol. The highest BCUT2D eigenvalue weighted by molar-refractivity contribution is 7.89. The number of carbonyl (C=O) groups excluding carboxylic acids is 2. The molecule has 0 radical (unpaired) electrons. The predicted octanol–water partition coefficient (Wildman–Crippen LogP) is 0.421. The van der Waals surface area contributed by atoms with Gasteiger partial charge in [-0.3, -0.25) is 9.59 Å². The van der Waals surface area contributed by atoms with E-state index in [4.69, 9.17) is 14.7 Å². The van der Waals surface area contributed by atoms with Crippen LogP contribution in [0.5, 0.6) is 5.75 Å². The normalized spacial score (nSPS) is 17.1. The lowest BCUT2D eigenvalue weighted by Crippen LogP contribution is -2.42. The summed E-state index contributed by atoms with van der Waals surface area (Å²) in [6, 6.07) is 6.79. The van der Waals surface area contributed by atoms with Gasteiger partial charge in [0.2, 0.25) is 10.0 Å². The van der Waals surface area contributed by atoms with Crippen LogP contribution in [0.25, 0.3) is 0 Å². The molecule has 1 N–H and O–H groups in total. The first-order valence-electron chi connectivity index (χ1n) is 8.36. The number of benzene rings is 1. The van der Waals surface area contributed by atoms with Crippen molar-refractivity contribution in [2.75, 3.05) is 26.8 Å². The number of nitrogens with one attached hydrogen (secondary N) is 1. The number of amides is 1. The number of nitrogens with zero attached hydrogens (tertiary/aromatic N) is 2. The van der Waals surface area contributed by atoms with Crippen LogP contribution in [0.4, 0.5) is 0 Å². The number of hydrogen-bond donors (Lipinski definition) is 1. The van der Waals surface area contributed by atoms with Gasteiger partial charge in [0, 0.05) is 13.1 Å². The molecule has 1 aliphatic heterocycles. The zero-order valence-corrected chi connectivity index (χ0v) is 15.7. The second kappa shape index (κ2) is 9.34. The van der Waals surface area contributed by atoms with Crippen molar-refractivity contribution in [2.45, 2.75) is 30.2 Å². The molecule has 0 spiro atoms. The number of carbonyl (C=O) groups is 2. The van der Waals surface area contributed by atoms with Gasteiger partial charge in [-0.15, -0.1) is 0 Å². The SMILES string of the molecule is COc1ccc(S(=O)(=O)N2CCC[C@H]2C(=O)OCC(=O)NCCC#N)cc1. The van der Waals surface area contributed by atoms with Crippen LogP contribution in [-0.2, 0) is 24.3 Å². The van der Waals surface area contributed by atoms with E-state index in [1.807, 2.05) is 6.07 Å². The quantitative estimate of drug-likeness (QED) is 0.499. The summed E-state index contributed by atoms with van der Waals surface area (Å²) in [4.78, 5) is 23.9. The molecule has 10 heteroatoms. The number of rotatable bonds is 8. The van der Waals surface area contributed by atoms with Crippen molar-refractivity contribution in [2.24, 2.45) is 0 Å². The average Bonchev–Trinajstić information content (AvgIpc) is 3.17. The molecule has 27 heavy (non-hydrogen) atoms. The highest BCUT2D eigenvalue weighted by atomic mass is 32.2. The molecule has 1 aromatic carbocycles. The smallest absolute Gasteiger partial charge is 0.324 e. The van der Waals surface area contributed by atoms with Crippen LogP contribution >= 0.6 is 0 Å². The summed E-state index contributed by atoms with van der Waals surface area (Å²) in [6.45, 7) is -0.159. The topological polar surface area (TPSA) is 126 Å². The Morgan fingerprint density at radius 2 is 2.04 bits per heavy atom. The molecule has 1 saturated heterocycles. The molecule has 2 rings (SSSR count). The Morgan fingerprint density at radius 3 is 2.67 bits per heavy atom. The van der Waals surface area contributed by atoms with Crippen molar-refractivity contribution < 1.29 is 27.5 Å². The first-order chi connectivity index (χ1) is 12.9. The van der Waals surface area contributed by atoms with Crippen molar-refractivity contribution in [3.05, 3.63) is 24.3 Å². The van der Waals surface area contributed by atoms with Gasteiger partial charge in [0.25, 0.3) is 5.91 Å². The lowest BCUT2D eigenvalue weighted by molar-refractivity contribution is -0.151. The Balaban J connectivity index is 2.01. The third-order valence-electron chi connectivity index (χ3n) is 4.05. The van der Waals surface area contributed by atoms with E-state index in [9.17, 15) is 18.0 Å². The van der Waals surface area contributed by atoms with E-state index in [1.165, 1.54) is 31.4 Å². The molecule has 1 aliphatic rings. The molecule has 0 aliphatic carbocycles. The number of sulfonamides is 1. The van der Waals surface area contributed by atoms with E-state index in [2.05, 4.69) is 5.32 Å². The van der Waals surface area contributed by atoms with Crippen molar-refractivity contribution >= 4 is 21.9 Å². The van der Waals surface area contributed by atoms with Crippen LogP contribution in [0.3, 0.4) is 0 Å². The third kappa shape index (κ3) is 5.18. The fourth-order valence-corrected chi connectivity index (χ4v) is 4.33. The van der Waals surface area contributed by atoms with E-state index < -0.39 is 34.5 Å². The van der Waals surface area contributed by atoms with Gasteiger partial charge >= 0.3 is 5.97 Å². The maximum absolute atomic E-state index is 12.8. The average molecular weight is 395 g/mol. The van der Waals surface area contributed by atoms with Gasteiger partial charge in [-0.05, 0) is 37.1 Å². The van der Waals surface area contributed by atoms with Crippen LogP contribution in [0.2, 0.25) is 0 Å². The lowest BCUT2D eigenvalue weighted by Gasteiger charge is -2.22.